The SMILES string of the molecule is CC(C)(C)OC(=O)NC(C=C(Br)Br)Cc1cc(F)cc(F)c1. The molecule has 0 bridgehead atoms. The van der Waals surface area contributed by atoms with Crippen LogP contribution in [0.25, 0.3) is 0 Å². The molecule has 1 rings (SSSR count). The number of rotatable bonds is 4. The zero-order chi connectivity index (χ0) is 16.9. The van der Waals surface area contributed by atoms with Crippen LogP contribution in [0, 0.1) is 11.6 Å². The van der Waals surface area contributed by atoms with Crippen LogP contribution in [-0.4, -0.2) is 17.7 Å². The fraction of sp³-hybridized carbons (Fsp3) is 0.400. The second-order valence-electron chi connectivity index (χ2n) is 5.69. The topological polar surface area (TPSA) is 38.3 Å². The lowest BCUT2D eigenvalue weighted by molar-refractivity contribution is 0.0514. The fourth-order valence-corrected chi connectivity index (χ4v) is 2.38. The van der Waals surface area contributed by atoms with Gasteiger partial charge < -0.3 is 10.1 Å². The largest absolute Gasteiger partial charge is 0.444 e. The Morgan fingerprint density at radius 1 is 1.27 bits per heavy atom. The van der Waals surface area contributed by atoms with Gasteiger partial charge in [-0.25, -0.2) is 13.6 Å². The summed E-state index contributed by atoms with van der Waals surface area (Å²) in [7, 11) is 0. The molecule has 1 N–H and O–H groups in total. The van der Waals surface area contributed by atoms with Crippen molar-refractivity contribution in [3.63, 3.8) is 0 Å². The van der Waals surface area contributed by atoms with Crippen molar-refractivity contribution < 1.29 is 18.3 Å². The van der Waals surface area contributed by atoms with E-state index in [1.165, 1.54) is 12.1 Å². The summed E-state index contributed by atoms with van der Waals surface area (Å²) in [6, 6.07) is 2.76. The van der Waals surface area contributed by atoms with Crippen LogP contribution in [0.3, 0.4) is 0 Å². The maximum Gasteiger partial charge on any atom is 0.408 e. The van der Waals surface area contributed by atoms with Gasteiger partial charge in [-0.2, -0.15) is 0 Å². The molecule has 0 spiro atoms. The summed E-state index contributed by atoms with van der Waals surface area (Å²) in [5.74, 6) is -1.32. The molecule has 0 saturated heterocycles. The summed E-state index contributed by atoms with van der Waals surface area (Å²) in [4.78, 5) is 11.8. The molecule has 0 aliphatic carbocycles. The first-order valence-electron chi connectivity index (χ1n) is 6.52. The minimum atomic E-state index is -0.659. The lowest BCUT2D eigenvalue weighted by Gasteiger charge is -2.22. The molecule has 0 aliphatic heterocycles. The van der Waals surface area contributed by atoms with Gasteiger partial charge in [-0.15, -0.1) is 0 Å². The second-order valence-corrected chi connectivity index (χ2v) is 8.46. The molecule has 1 amide bonds. The zero-order valence-corrected chi connectivity index (χ0v) is 15.6. The van der Waals surface area contributed by atoms with Crippen LogP contribution in [0.2, 0.25) is 0 Å². The molecular formula is C15H17Br2F2NO2. The first-order valence-corrected chi connectivity index (χ1v) is 8.11. The molecule has 0 heterocycles. The number of nitrogens with one attached hydrogen (secondary N) is 1. The third-order valence-corrected chi connectivity index (χ3v) is 2.94. The predicted molar refractivity (Wildman–Crippen MR) is 89.2 cm³/mol. The van der Waals surface area contributed by atoms with Crippen LogP contribution in [0.15, 0.2) is 27.7 Å². The average Bonchev–Trinajstić information content (AvgIpc) is 2.22. The Morgan fingerprint density at radius 2 is 1.82 bits per heavy atom. The van der Waals surface area contributed by atoms with Crippen LogP contribution in [0.1, 0.15) is 26.3 Å². The van der Waals surface area contributed by atoms with Gasteiger partial charge in [-0.05, 0) is 82.8 Å². The standard InChI is InChI=1S/C15H17Br2F2NO2/c1-15(2,3)22-14(21)20-12(8-13(16)17)6-9-4-10(18)7-11(19)5-9/h4-5,7-8,12H,6H2,1-3H3,(H,20,21). The van der Waals surface area contributed by atoms with Gasteiger partial charge in [-0.3, -0.25) is 0 Å². The second kappa shape index (κ2) is 8.06. The number of halogens is 4. The molecule has 1 atom stereocenters. The Morgan fingerprint density at radius 3 is 2.27 bits per heavy atom. The molecule has 3 nitrogen and oxygen atoms in total. The van der Waals surface area contributed by atoms with Crippen molar-refractivity contribution in [3.05, 3.63) is 44.9 Å². The van der Waals surface area contributed by atoms with Crippen LogP contribution in [0.5, 0.6) is 0 Å². The third kappa shape index (κ3) is 7.89. The Bertz CT molecular complexity index is 547. The molecule has 0 radical (unpaired) electrons. The highest BCUT2D eigenvalue weighted by Gasteiger charge is 2.19. The number of carbonyl (C=O) groups excluding carboxylic acids is 1. The number of hydrogen-bond acceptors (Lipinski definition) is 2. The zero-order valence-electron chi connectivity index (χ0n) is 12.4. The first kappa shape index (κ1) is 19.1. The number of ether oxygens (including phenoxy) is 1. The van der Waals surface area contributed by atoms with Crippen molar-refractivity contribution in [2.75, 3.05) is 0 Å². The van der Waals surface area contributed by atoms with E-state index >= 15 is 0 Å². The van der Waals surface area contributed by atoms with E-state index in [9.17, 15) is 13.6 Å². The normalized spacial score (nSPS) is 12.5. The van der Waals surface area contributed by atoms with Crippen molar-refractivity contribution in [3.8, 4) is 0 Å². The molecule has 122 valence electrons. The molecule has 0 fully saturated rings. The molecule has 1 unspecified atom stereocenters. The summed E-state index contributed by atoms with van der Waals surface area (Å²) in [5, 5.41) is 2.65. The van der Waals surface area contributed by atoms with Gasteiger partial charge in [0.15, 0.2) is 0 Å². The van der Waals surface area contributed by atoms with Gasteiger partial charge in [0.2, 0.25) is 0 Å². The molecule has 22 heavy (non-hydrogen) atoms. The van der Waals surface area contributed by atoms with Crippen molar-refractivity contribution in [1.82, 2.24) is 5.32 Å². The van der Waals surface area contributed by atoms with Crippen LogP contribution in [-0.2, 0) is 11.2 Å². The Kier molecular flexibility index (Phi) is 6.99. The van der Waals surface area contributed by atoms with Crippen molar-refractivity contribution >= 4 is 38.0 Å². The smallest absolute Gasteiger partial charge is 0.408 e. The number of alkyl carbamates (subject to hydrolysis) is 1. The summed E-state index contributed by atoms with van der Waals surface area (Å²) < 4.78 is 32.3. The molecule has 0 aliphatic rings. The quantitative estimate of drug-likeness (QED) is 0.712. The lowest BCUT2D eigenvalue weighted by atomic mass is 10.1. The van der Waals surface area contributed by atoms with Gasteiger partial charge in [0.25, 0.3) is 0 Å². The number of hydrogen-bond donors (Lipinski definition) is 1. The fourth-order valence-electron chi connectivity index (χ4n) is 1.75. The maximum atomic E-state index is 13.2. The highest BCUT2D eigenvalue weighted by Crippen LogP contribution is 2.17. The molecule has 7 heteroatoms. The van der Waals surface area contributed by atoms with Gasteiger partial charge in [0.05, 0.1) is 9.43 Å². The first-order chi connectivity index (χ1) is 10.0. The van der Waals surface area contributed by atoms with Crippen molar-refractivity contribution in [1.29, 1.82) is 0 Å². The highest BCUT2D eigenvalue weighted by molar-refractivity contribution is 9.28. The number of benzene rings is 1. The third-order valence-electron chi connectivity index (χ3n) is 2.41. The van der Waals surface area contributed by atoms with E-state index in [2.05, 4.69) is 37.2 Å². The van der Waals surface area contributed by atoms with Crippen LogP contribution < -0.4 is 5.32 Å². The van der Waals surface area contributed by atoms with E-state index in [4.69, 9.17) is 4.74 Å². The maximum absolute atomic E-state index is 13.2. The minimum Gasteiger partial charge on any atom is -0.444 e. The van der Waals surface area contributed by atoms with Gasteiger partial charge >= 0.3 is 6.09 Å². The summed E-state index contributed by atoms with van der Waals surface area (Å²) in [6.07, 6.45) is 1.27. The van der Waals surface area contributed by atoms with Crippen molar-refractivity contribution in [2.24, 2.45) is 0 Å². The summed E-state index contributed by atoms with van der Waals surface area (Å²) in [5.41, 5.74) is -0.203. The Balaban J connectivity index is 2.85. The highest BCUT2D eigenvalue weighted by atomic mass is 79.9. The van der Waals surface area contributed by atoms with Crippen LogP contribution in [0.4, 0.5) is 13.6 Å². The average molecular weight is 441 g/mol. The van der Waals surface area contributed by atoms with E-state index in [-0.39, 0.29) is 6.42 Å². The monoisotopic (exact) mass is 439 g/mol. The lowest BCUT2D eigenvalue weighted by Crippen LogP contribution is -2.39. The number of amides is 1. The minimum absolute atomic E-state index is 0.217. The van der Waals surface area contributed by atoms with E-state index < -0.39 is 29.4 Å². The van der Waals surface area contributed by atoms with E-state index in [0.29, 0.717) is 8.96 Å². The van der Waals surface area contributed by atoms with Gasteiger partial charge in [0, 0.05) is 6.07 Å². The summed E-state index contributed by atoms with van der Waals surface area (Å²) >= 11 is 6.41. The predicted octanol–water partition coefficient (Wildman–Crippen LogP) is 5.03. The Labute approximate surface area is 145 Å². The molecular weight excluding hydrogens is 424 g/mol. The van der Waals surface area contributed by atoms with E-state index in [1.807, 2.05) is 0 Å². The molecule has 1 aromatic carbocycles. The van der Waals surface area contributed by atoms with Crippen molar-refractivity contribution in [2.45, 2.75) is 38.8 Å². The number of carbonyl (C=O) groups is 1. The van der Waals surface area contributed by atoms with E-state index in [0.717, 1.165) is 6.07 Å². The van der Waals surface area contributed by atoms with E-state index in [1.54, 1.807) is 26.8 Å². The van der Waals surface area contributed by atoms with Gasteiger partial charge in [0.1, 0.15) is 17.2 Å². The molecule has 0 aromatic heterocycles. The molecule has 0 saturated carbocycles. The van der Waals surface area contributed by atoms with Gasteiger partial charge in [-0.1, -0.05) is 0 Å². The van der Waals surface area contributed by atoms with Crippen LogP contribution >= 0.6 is 31.9 Å². The summed E-state index contributed by atoms with van der Waals surface area (Å²) in [6.45, 7) is 5.25. The Hall–Kier alpha value is -0.950. The molecule has 1 aromatic rings.